The van der Waals surface area contributed by atoms with Crippen molar-refractivity contribution in [2.45, 2.75) is 58.3 Å². The highest BCUT2D eigenvalue weighted by Crippen LogP contribution is 2.15. The quantitative estimate of drug-likeness (QED) is 0.703. The Morgan fingerprint density at radius 2 is 1.76 bits per heavy atom. The molecule has 0 saturated heterocycles. The molecule has 0 aliphatic rings. The molecule has 0 aromatic carbocycles. The number of rotatable bonds is 8. The molecular weight excluding hydrogens is 216 g/mol. The average Bonchev–Trinajstić information content (AvgIpc) is 2.33. The third-order valence-corrected chi connectivity index (χ3v) is 2.93. The number of hydrogen-bond donors (Lipinski definition) is 1. The van der Waals surface area contributed by atoms with Gasteiger partial charge in [-0.25, -0.2) is 0 Å². The van der Waals surface area contributed by atoms with E-state index in [-0.39, 0.29) is 11.2 Å². The van der Waals surface area contributed by atoms with E-state index in [1.165, 1.54) is 44.4 Å². The maximum atomic E-state index is 11.1. The van der Waals surface area contributed by atoms with Gasteiger partial charge in [0.25, 0.3) is 0 Å². The van der Waals surface area contributed by atoms with Crippen LogP contribution >= 0.6 is 0 Å². The summed E-state index contributed by atoms with van der Waals surface area (Å²) in [5.41, 5.74) is -0.353. The zero-order valence-electron chi connectivity index (χ0n) is 10.6. The summed E-state index contributed by atoms with van der Waals surface area (Å²) in [5, 5.41) is 9.46. The number of aryl methyl sites for hydroxylation is 1. The summed E-state index contributed by atoms with van der Waals surface area (Å²) in [6.07, 6.45) is 10.5. The van der Waals surface area contributed by atoms with E-state index in [1.807, 2.05) is 0 Å². The third kappa shape index (κ3) is 5.07. The van der Waals surface area contributed by atoms with E-state index in [4.69, 9.17) is 4.42 Å². The lowest BCUT2D eigenvalue weighted by molar-refractivity contribution is 0.394. The molecule has 1 aromatic heterocycles. The lowest BCUT2D eigenvalue weighted by Crippen LogP contribution is -2.00. The molecule has 3 nitrogen and oxygen atoms in total. The van der Waals surface area contributed by atoms with Crippen LogP contribution in [0.4, 0.5) is 0 Å². The molecule has 0 aliphatic heterocycles. The number of aromatic hydroxyl groups is 1. The van der Waals surface area contributed by atoms with Crippen LogP contribution in [0.1, 0.15) is 57.6 Å². The predicted molar refractivity (Wildman–Crippen MR) is 68.3 cm³/mol. The van der Waals surface area contributed by atoms with Crippen molar-refractivity contribution in [2.24, 2.45) is 0 Å². The van der Waals surface area contributed by atoms with Crippen LogP contribution in [-0.4, -0.2) is 5.11 Å². The van der Waals surface area contributed by atoms with E-state index in [1.54, 1.807) is 0 Å². The Morgan fingerprint density at radius 3 is 2.47 bits per heavy atom. The lowest BCUT2D eigenvalue weighted by Gasteiger charge is -2.02. The Kier molecular flexibility index (Phi) is 6.45. The highest BCUT2D eigenvalue weighted by Gasteiger charge is 2.06. The fourth-order valence-corrected chi connectivity index (χ4v) is 1.87. The molecule has 0 spiro atoms. The Bertz CT molecular complexity index is 368. The van der Waals surface area contributed by atoms with E-state index in [2.05, 4.69) is 6.92 Å². The van der Waals surface area contributed by atoms with Gasteiger partial charge in [0.1, 0.15) is 5.76 Å². The van der Waals surface area contributed by atoms with Gasteiger partial charge in [-0.15, -0.1) is 0 Å². The molecule has 0 atom stereocenters. The Labute approximate surface area is 102 Å². The van der Waals surface area contributed by atoms with Gasteiger partial charge < -0.3 is 9.52 Å². The van der Waals surface area contributed by atoms with E-state index in [9.17, 15) is 9.90 Å². The molecule has 3 heteroatoms. The standard InChI is InChI=1S/C14H22O3/c1-2-3-4-5-6-7-8-9-13-14(16)12(15)10-11-17-13/h10-11,16H,2-9H2,1H3. The predicted octanol–water partition coefficient (Wildman–Crippen LogP) is 3.64. The highest BCUT2D eigenvalue weighted by molar-refractivity contribution is 5.22. The molecule has 0 bridgehead atoms. The van der Waals surface area contributed by atoms with Crippen LogP contribution in [0.2, 0.25) is 0 Å². The molecule has 17 heavy (non-hydrogen) atoms. The van der Waals surface area contributed by atoms with E-state index >= 15 is 0 Å². The van der Waals surface area contributed by atoms with Crippen LogP contribution in [0.3, 0.4) is 0 Å². The van der Waals surface area contributed by atoms with Crippen LogP contribution in [0.25, 0.3) is 0 Å². The topological polar surface area (TPSA) is 50.4 Å². The second kappa shape index (κ2) is 7.93. The molecule has 1 N–H and O–H groups in total. The maximum absolute atomic E-state index is 11.1. The van der Waals surface area contributed by atoms with Gasteiger partial charge in [-0.2, -0.15) is 0 Å². The molecule has 0 unspecified atom stereocenters. The Morgan fingerprint density at radius 1 is 1.12 bits per heavy atom. The van der Waals surface area contributed by atoms with Crippen molar-refractivity contribution in [3.05, 3.63) is 28.3 Å². The van der Waals surface area contributed by atoms with Crippen LogP contribution in [-0.2, 0) is 6.42 Å². The molecule has 96 valence electrons. The molecule has 1 heterocycles. The van der Waals surface area contributed by atoms with E-state index in [0.717, 1.165) is 12.8 Å². The van der Waals surface area contributed by atoms with Crippen molar-refractivity contribution in [1.29, 1.82) is 0 Å². The molecule has 0 fully saturated rings. The summed E-state index contributed by atoms with van der Waals surface area (Å²) < 4.78 is 5.13. The van der Waals surface area contributed by atoms with Crippen molar-refractivity contribution in [3.63, 3.8) is 0 Å². The first kappa shape index (κ1) is 13.8. The van der Waals surface area contributed by atoms with Crippen molar-refractivity contribution in [1.82, 2.24) is 0 Å². The largest absolute Gasteiger partial charge is 0.502 e. The van der Waals surface area contributed by atoms with Crippen LogP contribution in [0, 0.1) is 0 Å². The van der Waals surface area contributed by atoms with Gasteiger partial charge in [0.05, 0.1) is 6.26 Å². The molecule has 0 radical (unpaired) electrons. The Hall–Kier alpha value is -1.25. The zero-order valence-corrected chi connectivity index (χ0v) is 10.6. The summed E-state index contributed by atoms with van der Waals surface area (Å²) in [6.45, 7) is 2.21. The van der Waals surface area contributed by atoms with Gasteiger partial charge in [-0.1, -0.05) is 45.4 Å². The van der Waals surface area contributed by atoms with Gasteiger partial charge in [-0.3, -0.25) is 4.79 Å². The zero-order chi connectivity index (χ0) is 12.5. The normalized spacial score (nSPS) is 10.6. The first-order valence-electron chi connectivity index (χ1n) is 6.55. The fraction of sp³-hybridized carbons (Fsp3) is 0.643. The van der Waals surface area contributed by atoms with Crippen LogP contribution in [0.5, 0.6) is 5.75 Å². The monoisotopic (exact) mass is 238 g/mol. The first-order valence-corrected chi connectivity index (χ1v) is 6.55. The lowest BCUT2D eigenvalue weighted by atomic mass is 10.1. The molecule has 1 aromatic rings. The minimum Gasteiger partial charge on any atom is -0.502 e. The SMILES string of the molecule is CCCCCCCCCc1occc(=O)c1O. The van der Waals surface area contributed by atoms with Crippen molar-refractivity contribution in [3.8, 4) is 5.75 Å². The highest BCUT2D eigenvalue weighted by atomic mass is 16.4. The van der Waals surface area contributed by atoms with Gasteiger partial charge >= 0.3 is 0 Å². The molecule has 0 saturated carbocycles. The minimum atomic E-state index is -0.353. The van der Waals surface area contributed by atoms with Crippen molar-refractivity contribution < 1.29 is 9.52 Å². The minimum absolute atomic E-state index is 0.224. The van der Waals surface area contributed by atoms with E-state index < -0.39 is 0 Å². The van der Waals surface area contributed by atoms with Crippen LogP contribution < -0.4 is 5.43 Å². The van der Waals surface area contributed by atoms with E-state index in [0.29, 0.717) is 12.2 Å². The summed E-state index contributed by atoms with van der Waals surface area (Å²) in [7, 11) is 0. The second-order valence-electron chi connectivity index (χ2n) is 4.43. The van der Waals surface area contributed by atoms with Gasteiger partial charge in [0.15, 0.2) is 0 Å². The third-order valence-electron chi connectivity index (χ3n) is 2.93. The van der Waals surface area contributed by atoms with Crippen molar-refractivity contribution >= 4 is 0 Å². The fourth-order valence-electron chi connectivity index (χ4n) is 1.87. The van der Waals surface area contributed by atoms with Gasteiger partial charge in [0.2, 0.25) is 11.2 Å². The smallest absolute Gasteiger partial charge is 0.226 e. The summed E-state index contributed by atoms with van der Waals surface area (Å²) >= 11 is 0. The maximum Gasteiger partial charge on any atom is 0.226 e. The van der Waals surface area contributed by atoms with Gasteiger partial charge in [0, 0.05) is 12.5 Å². The molecule has 0 amide bonds. The summed E-state index contributed by atoms with van der Waals surface area (Å²) in [4.78, 5) is 11.1. The second-order valence-corrected chi connectivity index (χ2v) is 4.43. The molecule has 1 rings (SSSR count). The number of hydrogen-bond acceptors (Lipinski definition) is 3. The van der Waals surface area contributed by atoms with Gasteiger partial charge in [-0.05, 0) is 6.42 Å². The average molecular weight is 238 g/mol. The Balaban J connectivity index is 2.18. The summed E-state index contributed by atoms with van der Waals surface area (Å²) in [6, 6.07) is 1.24. The number of unbranched alkanes of at least 4 members (excludes halogenated alkanes) is 6. The van der Waals surface area contributed by atoms with Crippen LogP contribution in [0.15, 0.2) is 21.5 Å². The molecule has 0 aliphatic carbocycles. The molecular formula is C14H22O3. The summed E-state index contributed by atoms with van der Waals surface area (Å²) in [5.74, 6) is 0.199. The van der Waals surface area contributed by atoms with Crippen molar-refractivity contribution in [2.75, 3.05) is 0 Å². The first-order chi connectivity index (χ1) is 8.25.